The van der Waals surface area contributed by atoms with Crippen molar-refractivity contribution in [2.75, 3.05) is 25.1 Å². The Morgan fingerprint density at radius 3 is 2.30 bits per heavy atom. The molecule has 0 spiro atoms. The fourth-order valence-corrected chi connectivity index (χ4v) is 3.47. The maximum atomic E-state index is 12.6. The molecular formula is C22H26N2O3. The van der Waals surface area contributed by atoms with Gasteiger partial charge in [0.05, 0.1) is 13.2 Å². The van der Waals surface area contributed by atoms with E-state index in [1.807, 2.05) is 55.5 Å². The topological polar surface area (TPSA) is 58.6 Å². The number of nitrogens with zero attached hydrogens (tertiary/aromatic N) is 1. The fourth-order valence-electron chi connectivity index (χ4n) is 3.47. The van der Waals surface area contributed by atoms with Crippen molar-refractivity contribution >= 4 is 17.9 Å². The molecule has 27 heavy (non-hydrogen) atoms. The van der Waals surface area contributed by atoms with Crippen LogP contribution in [0.15, 0.2) is 48.5 Å². The summed E-state index contributed by atoms with van der Waals surface area (Å²) in [5, 5.41) is 3.14. The van der Waals surface area contributed by atoms with Crippen molar-refractivity contribution in [3.8, 4) is 5.75 Å². The summed E-state index contributed by atoms with van der Waals surface area (Å²) in [6.07, 6.45) is 2.51. The number of ether oxygens (including phenoxy) is 1. The predicted molar refractivity (Wildman–Crippen MR) is 106 cm³/mol. The highest BCUT2D eigenvalue weighted by Gasteiger charge is 2.26. The molecule has 1 atom stereocenters. The third-order valence-corrected chi connectivity index (χ3v) is 5.23. The molecule has 1 fully saturated rings. The molecule has 0 aliphatic carbocycles. The van der Waals surface area contributed by atoms with E-state index in [1.165, 1.54) is 0 Å². The average molecular weight is 366 g/mol. The van der Waals surface area contributed by atoms with E-state index in [0.717, 1.165) is 49.2 Å². The van der Waals surface area contributed by atoms with E-state index in [-0.39, 0.29) is 17.9 Å². The van der Waals surface area contributed by atoms with Crippen LogP contribution in [0.4, 0.5) is 5.69 Å². The van der Waals surface area contributed by atoms with Gasteiger partial charge in [0.15, 0.2) is 0 Å². The van der Waals surface area contributed by atoms with Crippen molar-refractivity contribution in [3.63, 3.8) is 0 Å². The molecule has 1 aliphatic heterocycles. The number of piperidine rings is 1. The van der Waals surface area contributed by atoms with Crippen molar-refractivity contribution in [1.29, 1.82) is 0 Å². The van der Waals surface area contributed by atoms with Crippen molar-refractivity contribution < 1.29 is 14.3 Å². The van der Waals surface area contributed by atoms with Gasteiger partial charge in [0.25, 0.3) is 0 Å². The lowest BCUT2D eigenvalue weighted by Gasteiger charge is -2.33. The highest BCUT2D eigenvalue weighted by Crippen LogP contribution is 2.25. The second-order valence-corrected chi connectivity index (χ2v) is 6.97. The number of anilines is 1. The standard InChI is InChI=1S/C22H26N2O3/c1-16(18-5-9-21(27-2)10-6-18)23-22(26)19-11-13-24(14-12-19)20-7-3-17(15-25)4-8-20/h3-10,15-16,19H,11-14H2,1-2H3,(H,23,26)/t16-/m0/s1. The largest absolute Gasteiger partial charge is 0.497 e. The second-order valence-electron chi connectivity index (χ2n) is 6.97. The first kappa shape index (κ1) is 19.0. The monoisotopic (exact) mass is 366 g/mol. The number of hydrogen-bond donors (Lipinski definition) is 1. The lowest BCUT2D eigenvalue weighted by molar-refractivity contribution is -0.126. The minimum atomic E-state index is -0.0303. The minimum Gasteiger partial charge on any atom is -0.497 e. The number of carbonyl (C=O) groups is 2. The Morgan fingerprint density at radius 1 is 1.11 bits per heavy atom. The average Bonchev–Trinajstić information content (AvgIpc) is 2.74. The molecule has 0 unspecified atom stereocenters. The van der Waals surface area contributed by atoms with Crippen molar-refractivity contribution in [1.82, 2.24) is 5.32 Å². The number of hydrogen-bond acceptors (Lipinski definition) is 4. The summed E-state index contributed by atoms with van der Waals surface area (Å²) in [6.45, 7) is 3.69. The Bertz CT molecular complexity index is 763. The number of benzene rings is 2. The Morgan fingerprint density at radius 2 is 1.74 bits per heavy atom. The van der Waals surface area contributed by atoms with Crippen LogP contribution in [-0.4, -0.2) is 32.4 Å². The molecule has 2 aromatic carbocycles. The lowest BCUT2D eigenvalue weighted by atomic mass is 9.94. The summed E-state index contributed by atoms with van der Waals surface area (Å²) in [7, 11) is 1.64. The number of rotatable bonds is 6. The van der Waals surface area contributed by atoms with Gasteiger partial charge in [-0.15, -0.1) is 0 Å². The van der Waals surface area contributed by atoms with Gasteiger partial charge in [0.1, 0.15) is 12.0 Å². The molecule has 2 aromatic rings. The lowest BCUT2D eigenvalue weighted by Crippen LogP contribution is -2.41. The first-order valence-corrected chi connectivity index (χ1v) is 9.35. The van der Waals surface area contributed by atoms with E-state index in [9.17, 15) is 9.59 Å². The van der Waals surface area contributed by atoms with Gasteiger partial charge in [-0.3, -0.25) is 9.59 Å². The van der Waals surface area contributed by atoms with E-state index in [0.29, 0.717) is 5.56 Å². The molecule has 0 aromatic heterocycles. The van der Waals surface area contributed by atoms with Crippen LogP contribution in [0.25, 0.3) is 0 Å². The van der Waals surface area contributed by atoms with E-state index in [1.54, 1.807) is 7.11 Å². The highest BCUT2D eigenvalue weighted by atomic mass is 16.5. The van der Waals surface area contributed by atoms with Crippen LogP contribution < -0.4 is 15.0 Å². The fraction of sp³-hybridized carbons (Fsp3) is 0.364. The Kier molecular flexibility index (Phi) is 6.12. The zero-order chi connectivity index (χ0) is 19.2. The van der Waals surface area contributed by atoms with Crippen LogP contribution in [0.2, 0.25) is 0 Å². The van der Waals surface area contributed by atoms with Crippen LogP contribution in [0.3, 0.4) is 0 Å². The van der Waals surface area contributed by atoms with Gasteiger partial charge in [-0.05, 0) is 61.7 Å². The molecule has 5 nitrogen and oxygen atoms in total. The SMILES string of the molecule is COc1ccc([C@H](C)NC(=O)C2CCN(c3ccc(C=O)cc3)CC2)cc1. The summed E-state index contributed by atoms with van der Waals surface area (Å²) >= 11 is 0. The summed E-state index contributed by atoms with van der Waals surface area (Å²) in [6, 6.07) is 15.3. The molecular weight excluding hydrogens is 340 g/mol. The molecule has 5 heteroatoms. The molecule has 1 aliphatic rings. The summed E-state index contributed by atoms with van der Waals surface area (Å²) in [4.78, 5) is 25.7. The van der Waals surface area contributed by atoms with Gasteiger partial charge in [-0.25, -0.2) is 0 Å². The van der Waals surface area contributed by atoms with Gasteiger partial charge in [-0.1, -0.05) is 12.1 Å². The number of aldehydes is 1. The maximum Gasteiger partial charge on any atom is 0.223 e. The molecule has 1 saturated heterocycles. The van der Waals surface area contributed by atoms with Gasteiger partial charge in [0, 0.05) is 30.3 Å². The van der Waals surface area contributed by atoms with Gasteiger partial charge >= 0.3 is 0 Å². The smallest absolute Gasteiger partial charge is 0.223 e. The zero-order valence-electron chi connectivity index (χ0n) is 15.9. The van der Waals surface area contributed by atoms with Gasteiger partial charge in [0.2, 0.25) is 5.91 Å². The summed E-state index contributed by atoms with van der Waals surface area (Å²) in [5.41, 5.74) is 2.85. The van der Waals surface area contributed by atoms with Crippen LogP contribution >= 0.6 is 0 Å². The van der Waals surface area contributed by atoms with Gasteiger partial charge in [-0.2, -0.15) is 0 Å². The van der Waals surface area contributed by atoms with Crippen molar-refractivity contribution in [2.45, 2.75) is 25.8 Å². The van der Waals surface area contributed by atoms with Crippen LogP contribution in [0.1, 0.15) is 41.7 Å². The highest BCUT2D eigenvalue weighted by molar-refractivity contribution is 5.79. The quantitative estimate of drug-likeness (QED) is 0.794. The third kappa shape index (κ3) is 4.67. The summed E-state index contributed by atoms with van der Waals surface area (Å²) in [5.74, 6) is 0.969. The molecule has 1 N–H and O–H groups in total. The first-order valence-electron chi connectivity index (χ1n) is 9.35. The van der Waals surface area contributed by atoms with Crippen LogP contribution in [0.5, 0.6) is 5.75 Å². The Balaban J connectivity index is 1.52. The van der Waals surface area contributed by atoms with E-state index >= 15 is 0 Å². The van der Waals surface area contributed by atoms with E-state index in [4.69, 9.17) is 4.74 Å². The number of methoxy groups -OCH3 is 1. The molecule has 142 valence electrons. The van der Waals surface area contributed by atoms with E-state index in [2.05, 4.69) is 10.2 Å². The molecule has 3 rings (SSSR count). The minimum absolute atomic E-state index is 0.0303. The third-order valence-electron chi connectivity index (χ3n) is 5.23. The Labute approximate surface area is 160 Å². The number of carbonyl (C=O) groups excluding carboxylic acids is 2. The number of amides is 1. The first-order chi connectivity index (χ1) is 13.1. The molecule has 1 amide bonds. The second kappa shape index (κ2) is 8.71. The number of nitrogens with one attached hydrogen (secondary N) is 1. The molecule has 0 radical (unpaired) electrons. The normalized spacial score (nSPS) is 15.9. The van der Waals surface area contributed by atoms with Crippen LogP contribution in [-0.2, 0) is 4.79 Å². The summed E-state index contributed by atoms with van der Waals surface area (Å²) < 4.78 is 5.18. The van der Waals surface area contributed by atoms with E-state index < -0.39 is 0 Å². The predicted octanol–water partition coefficient (Wildman–Crippen LogP) is 3.60. The maximum absolute atomic E-state index is 12.6. The van der Waals surface area contributed by atoms with Crippen molar-refractivity contribution in [2.24, 2.45) is 5.92 Å². The Hall–Kier alpha value is -2.82. The zero-order valence-corrected chi connectivity index (χ0v) is 15.9. The molecule has 1 heterocycles. The molecule has 0 bridgehead atoms. The van der Waals surface area contributed by atoms with Crippen molar-refractivity contribution in [3.05, 3.63) is 59.7 Å². The van der Waals surface area contributed by atoms with Crippen LogP contribution in [0, 0.1) is 5.92 Å². The van der Waals surface area contributed by atoms with Gasteiger partial charge < -0.3 is 15.0 Å². The molecule has 0 saturated carbocycles.